The van der Waals surface area contributed by atoms with Crippen LogP contribution in [-0.2, 0) is 4.79 Å². The largest absolute Gasteiger partial charge is 0.406 e. The quantitative estimate of drug-likeness (QED) is 0.847. The Hall–Kier alpha value is -0.780. The molecule has 18 heavy (non-hydrogen) atoms. The van der Waals surface area contributed by atoms with Crippen LogP contribution in [0.3, 0.4) is 0 Å². The molecule has 0 radical (unpaired) electrons. The molecule has 0 aromatic rings. The van der Waals surface area contributed by atoms with Crippen LogP contribution in [0.2, 0.25) is 0 Å². The lowest BCUT2D eigenvalue weighted by Crippen LogP contribution is -2.40. The van der Waals surface area contributed by atoms with Crippen molar-refractivity contribution in [3.63, 3.8) is 0 Å². The molecule has 6 heteroatoms. The minimum Gasteiger partial charge on any atom is -0.336 e. The first-order valence-electron chi connectivity index (χ1n) is 6.35. The molecule has 1 aliphatic rings. The van der Waals surface area contributed by atoms with E-state index >= 15 is 0 Å². The first-order chi connectivity index (χ1) is 8.33. The monoisotopic (exact) mass is 266 g/mol. The third-order valence-electron chi connectivity index (χ3n) is 3.50. The average molecular weight is 266 g/mol. The molecule has 106 valence electrons. The molecular formula is C12H21F3N2O. The minimum atomic E-state index is -4.32. The molecular weight excluding hydrogens is 245 g/mol. The van der Waals surface area contributed by atoms with Gasteiger partial charge in [-0.3, -0.25) is 4.79 Å². The fraction of sp³-hybridized carbons (Fsp3) is 0.917. The van der Waals surface area contributed by atoms with Gasteiger partial charge < -0.3 is 10.6 Å². The van der Waals surface area contributed by atoms with Crippen LogP contribution >= 0.6 is 0 Å². The summed E-state index contributed by atoms with van der Waals surface area (Å²) in [4.78, 5) is 12.7. The third-order valence-corrected chi connectivity index (χ3v) is 3.50. The molecule has 2 N–H and O–H groups in total. The van der Waals surface area contributed by atoms with E-state index in [0.717, 1.165) is 24.2 Å². The van der Waals surface area contributed by atoms with Crippen molar-refractivity contribution in [3.05, 3.63) is 0 Å². The van der Waals surface area contributed by atoms with Gasteiger partial charge in [0.05, 0.1) is 0 Å². The van der Waals surface area contributed by atoms with Crippen LogP contribution in [0.15, 0.2) is 0 Å². The number of nitrogens with zero attached hydrogens (tertiary/aromatic N) is 1. The van der Waals surface area contributed by atoms with Crippen LogP contribution in [-0.4, -0.2) is 37.1 Å². The van der Waals surface area contributed by atoms with Crippen molar-refractivity contribution in [2.45, 2.75) is 38.3 Å². The standard InChI is InChI=1S/C12H21F3N2O/c1-17(8-12(13,14)15)11(18)10-4-2-3-9(7-10)5-6-16/h9-10H,2-8,16H2,1H3. The van der Waals surface area contributed by atoms with E-state index in [9.17, 15) is 18.0 Å². The van der Waals surface area contributed by atoms with E-state index < -0.39 is 12.7 Å². The second kappa shape index (κ2) is 6.41. The zero-order chi connectivity index (χ0) is 13.8. The summed E-state index contributed by atoms with van der Waals surface area (Å²) in [5.41, 5.74) is 5.48. The Morgan fingerprint density at radius 1 is 1.39 bits per heavy atom. The Labute approximate surface area is 106 Å². The van der Waals surface area contributed by atoms with E-state index in [4.69, 9.17) is 5.73 Å². The highest BCUT2D eigenvalue weighted by Crippen LogP contribution is 2.32. The third kappa shape index (κ3) is 4.84. The molecule has 2 atom stereocenters. The van der Waals surface area contributed by atoms with Gasteiger partial charge in [-0.15, -0.1) is 0 Å². The van der Waals surface area contributed by atoms with Crippen molar-refractivity contribution in [3.8, 4) is 0 Å². The van der Waals surface area contributed by atoms with Gasteiger partial charge >= 0.3 is 6.18 Å². The van der Waals surface area contributed by atoms with E-state index in [1.54, 1.807) is 0 Å². The maximum Gasteiger partial charge on any atom is 0.406 e. The highest BCUT2D eigenvalue weighted by molar-refractivity contribution is 5.78. The van der Waals surface area contributed by atoms with E-state index in [2.05, 4.69) is 0 Å². The summed E-state index contributed by atoms with van der Waals surface area (Å²) < 4.78 is 36.7. The molecule has 0 aromatic heterocycles. The van der Waals surface area contributed by atoms with Crippen molar-refractivity contribution >= 4 is 5.91 Å². The molecule has 1 saturated carbocycles. The van der Waals surface area contributed by atoms with Crippen molar-refractivity contribution in [2.75, 3.05) is 20.1 Å². The predicted octanol–water partition coefficient (Wildman–Crippen LogP) is 2.16. The van der Waals surface area contributed by atoms with Crippen molar-refractivity contribution < 1.29 is 18.0 Å². The average Bonchev–Trinajstić information content (AvgIpc) is 2.26. The topological polar surface area (TPSA) is 46.3 Å². The second-order valence-corrected chi connectivity index (χ2v) is 5.12. The van der Waals surface area contributed by atoms with E-state index in [1.165, 1.54) is 7.05 Å². The highest BCUT2D eigenvalue weighted by atomic mass is 19.4. The summed E-state index contributed by atoms with van der Waals surface area (Å²) in [6.07, 6.45) is -0.159. The van der Waals surface area contributed by atoms with Gasteiger partial charge in [-0.25, -0.2) is 0 Å². The number of carbonyl (C=O) groups excluding carboxylic acids is 1. The van der Waals surface area contributed by atoms with Crippen LogP contribution in [0, 0.1) is 11.8 Å². The summed E-state index contributed by atoms with van der Waals surface area (Å²) in [7, 11) is 1.22. The maximum absolute atomic E-state index is 12.2. The number of hydrogen-bond acceptors (Lipinski definition) is 2. The zero-order valence-electron chi connectivity index (χ0n) is 10.7. The van der Waals surface area contributed by atoms with Crippen LogP contribution in [0.25, 0.3) is 0 Å². The smallest absolute Gasteiger partial charge is 0.336 e. The number of alkyl halides is 3. The Bertz CT molecular complexity index is 279. The SMILES string of the molecule is CN(CC(F)(F)F)C(=O)C1CCCC(CCN)C1. The van der Waals surface area contributed by atoms with Gasteiger partial charge in [-0.05, 0) is 31.7 Å². The maximum atomic E-state index is 12.2. The molecule has 0 saturated heterocycles. The Morgan fingerprint density at radius 2 is 2.06 bits per heavy atom. The van der Waals surface area contributed by atoms with Gasteiger partial charge in [0.1, 0.15) is 6.54 Å². The molecule has 1 fully saturated rings. The fourth-order valence-electron chi connectivity index (χ4n) is 2.67. The van der Waals surface area contributed by atoms with Crippen LogP contribution < -0.4 is 5.73 Å². The summed E-state index contributed by atoms with van der Waals surface area (Å²) >= 11 is 0. The number of carbonyl (C=O) groups is 1. The van der Waals surface area contributed by atoms with E-state index in [-0.39, 0.29) is 11.8 Å². The normalized spacial score (nSPS) is 24.9. The first kappa shape index (κ1) is 15.3. The Morgan fingerprint density at radius 3 is 2.61 bits per heavy atom. The first-order valence-corrected chi connectivity index (χ1v) is 6.35. The predicted molar refractivity (Wildman–Crippen MR) is 62.8 cm³/mol. The molecule has 3 nitrogen and oxygen atoms in total. The number of nitrogens with two attached hydrogens (primary N) is 1. The molecule has 1 amide bonds. The zero-order valence-corrected chi connectivity index (χ0v) is 10.7. The number of rotatable bonds is 4. The van der Waals surface area contributed by atoms with Gasteiger partial charge in [0.2, 0.25) is 5.91 Å². The molecule has 1 rings (SSSR count). The lowest BCUT2D eigenvalue weighted by Gasteiger charge is -2.31. The Balaban J connectivity index is 2.50. The molecule has 0 heterocycles. The minimum absolute atomic E-state index is 0.261. The van der Waals surface area contributed by atoms with Crippen LogP contribution in [0.4, 0.5) is 13.2 Å². The fourth-order valence-corrected chi connectivity index (χ4v) is 2.67. The molecule has 0 spiro atoms. The number of amides is 1. The molecule has 0 bridgehead atoms. The van der Waals surface area contributed by atoms with E-state index in [0.29, 0.717) is 25.3 Å². The number of halogens is 3. The highest BCUT2D eigenvalue weighted by Gasteiger charge is 2.35. The summed E-state index contributed by atoms with van der Waals surface area (Å²) in [6, 6.07) is 0. The lowest BCUT2D eigenvalue weighted by molar-refractivity contribution is -0.161. The van der Waals surface area contributed by atoms with Gasteiger partial charge in [-0.2, -0.15) is 13.2 Å². The Kier molecular flexibility index (Phi) is 5.44. The van der Waals surface area contributed by atoms with Gasteiger partial charge in [-0.1, -0.05) is 12.8 Å². The van der Waals surface area contributed by atoms with Crippen molar-refractivity contribution in [2.24, 2.45) is 17.6 Å². The molecule has 0 aromatic carbocycles. The number of hydrogen-bond donors (Lipinski definition) is 1. The van der Waals surface area contributed by atoms with Gasteiger partial charge in [0, 0.05) is 13.0 Å². The summed E-state index contributed by atoms with van der Waals surface area (Å²) in [6.45, 7) is -0.589. The van der Waals surface area contributed by atoms with Gasteiger partial charge in [0.15, 0.2) is 0 Å². The lowest BCUT2D eigenvalue weighted by atomic mass is 9.79. The second-order valence-electron chi connectivity index (χ2n) is 5.12. The summed E-state index contributed by atoms with van der Waals surface area (Å²) in [5.74, 6) is -0.256. The van der Waals surface area contributed by atoms with Crippen molar-refractivity contribution in [1.29, 1.82) is 0 Å². The molecule has 1 aliphatic carbocycles. The van der Waals surface area contributed by atoms with Crippen molar-refractivity contribution in [1.82, 2.24) is 4.90 Å². The molecule has 2 unspecified atom stereocenters. The molecule has 0 aliphatic heterocycles. The van der Waals surface area contributed by atoms with E-state index in [1.807, 2.05) is 0 Å². The van der Waals surface area contributed by atoms with Gasteiger partial charge in [0.25, 0.3) is 0 Å². The summed E-state index contributed by atoms with van der Waals surface area (Å²) in [5, 5.41) is 0. The van der Waals surface area contributed by atoms with Crippen LogP contribution in [0.5, 0.6) is 0 Å². The van der Waals surface area contributed by atoms with Crippen LogP contribution in [0.1, 0.15) is 32.1 Å².